The molecule has 4 rings (SSSR count). The molecule has 0 amide bonds. The summed E-state index contributed by atoms with van der Waals surface area (Å²) in [4.78, 5) is 8.85. The van der Waals surface area contributed by atoms with Crippen molar-refractivity contribution in [2.75, 3.05) is 0 Å². The van der Waals surface area contributed by atoms with Crippen LogP contribution in [0.15, 0.2) is 48.8 Å². The zero-order valence-electron chi connectivity index (χ0n) is 22.0. The van der Waals surface area contributed by atoms with Gasteiger partial charge in [-0.25, -0.2) is 0 Å². The molecule has 2 aromatic rings. The molecule has 3 heteroatoms. The third-order valence-electron chi connectivity index (χ3n) is 6.72. The molecule has 2 fully saturated rings. The van der Waals surface area contributed by atoms with E-state index in [0.717, 1.165) is 11.4 Å². The van der Waals surface area contributed by atoms with E-state index in [9.17, 15) is 0 Å². The molecule has 2 heterocycles. The Morgan fingerprint density at radius 1 is 0.424 bits per heavy atom. The molecule has 172 valence electrons. The molecule has 2 aromatic heterocycles. The van der Waals surface area contributed by atoms with Gasteiger partial charge in [0.1, 0.15) is 0 Å². The van der Waals surface area contributed by atoms with Gasteiger partial charge in [0.15, 0.2) is 0 Å². The van der Waals surface area contributed by atoms with Gasteiger partial charge in [-0.2, -0.15) is 0 Å². The van der Waals surface area contributed by atoms with Crippen LogP contribution in [0.3, 0.4) is 0 Å². The van der Waals surface area contributed by atoms with Crippen LogP contribution in [0.5, 0.6) is 0 Å². The Morgan fingerprint density at radius 2 is 0.697 bits per heavy atom. The summed E-state index contributed by atoms with van der Waals surface area (Å²) in [6.07, 6.45) is 3.71. The molecule has 0 bridgehead atoms. The Bertz CT molecular complexity index is 685. The minimum atomic E-state index is 0. The molecule has 33 heavy (non-hydrogen) atoms. The predicted octanol–water partition coefficient (Wildman–Crippen LogP) is 7.69. The van der Waals surface area contributed by atoms with Crippen LogP contribution in [-0.4, -0.2) is 9.97 Å². The first-order valence-electron chi connectivity index (χ1n) is 10.5. The molecule has 0 spiro atoms. The van der Waals surface area contributed by atoms with Crippen LogP contribution in [0.4, 0.5) is 0 Å². The van der Waals surface area contributed by atoms with Crippen LogP contribution in [-0.2, 0) is 0 Å². The number of rotatable bonds is 2. The first-order valence-corrected chi connectivity index (χ1v) is 10.5. The van der Waals surface area contributed by atoms with Crippen LogP contribution in [0.25, 0.3) is 0 Å². The molecule has 0 saturated heterocycles. The van der Waals surface area contributed by atoms with Crippen molar-refractivity contribution in [3.63, 3.8) is 0 Å². The van der Waals surface area contributed by atoms with Crippen LogP contribution >= 0.6 is 0 Å². The second-order valence-corrected chi connectivity index (χ2v) is 8.18. The monoisotopic (exact) mass is 664 g/mol. The van der Waals surface area contributed by atoms with Crippen LogP contribution in [0.1, 0.15) is 66.8 Å². The van der Waals surface area contributed by atoms with Crippen LogP contribution in [0, 0.1) is 105 Å². The molecule has 2 aliphatic carbocycles. The number of pyridine rings is 2. The van der Waals surface area contributed by atoms with Crippen molar-refractivity contribution in [3.8, 4) is 0 Å². The minimum Gasteiger partial charge on any atom is -0.358 e. The molecule has 2 saturated carbocycles. The van der Waals surface area contributed by atoms with Crippen LogP contribution < -0.4 is 0 Å². The minimum absolute atomic E-state index is 0. The summed E-state index contributed by atoms with van der Waals surface area (Å²) < 4.78 is 0. The van der Waals surface area contributed by atoms with E-state index in [1.165, 1.54) is 59.2 Å². The van der Waals surface area contributed by atoms with Crippen molar-refractivity contribution in [3.05, 3.63) is 134 Å². The molecule has 0 N–H and O–H groups in total. The largest absolute Gasteiger partial charge is 2.00 e. The first-order chi connectivity index (χ1) is 14.3. The van der Waals surface area contributed by atoms with Crippen molar-refractivity contribution in [1.29, 1.82) is 0 Å². The maximum absolute atomic E-state index is 4.43. The van der Waals surface area contributed by atoms with E-state index < -0.39 is 0 Å². The fourth-order valence-corrected chi connectivity index (χ4v) is 4.23. The number of hydrogen-bond donors (Lipinski definition) is 0. The van der Waals surface area contributed by atoms with Gasteiger partial charge in [0.25, 0.3) is 0 Å². The van der Waals surface area contributed by atoms with Gasteiger partial charge >= 0.3 is 31.1 Å². The van der Waals surface area contributed by atoms with Crippen LogP contribution in [0.2, 0.25) is 0 Å². The molecule has 10 radical (unpaired) electrons. The van der Waals surface area contributed by atoms with Gasteiger partial charge < -0.3 is 14.9 Å². The van der Waals surface area contributed by atoms with Gasteiger partial charge in [0, 0.05) is 35.6 Å². The summed E-state index contributed by atoms with van der Waals surface area (Å²) in [5.41, 5.74) is 2.17. The fourth-order valence-electron chi connectivity index (χ4n) is 4.23. The van der Waals surface area contributed by atoms with Gasteiger partial charge in [-0.15, -0.1) is 0 Å². The third kappa shape index (κ3) is 6.73. The van der Waals surface area contributed by atoms with E-state index in [-0.39, 0.29) is 46.0 Å². The van der Waals surface area contributed by atoms with Gasteiger partial charge in [-0.05, 0) is 71.6 Å². The molecular formula is C30H38N2U. The molecular weight excluding hydrogens is 626 g/mol. The molecule has 2 nitrogen and oxygen atoms in total. The average Bonchev–Trinajstić information content (AvgIpc) is 3.08. The number of aromatic nitrogens is 2. The molecule has 0 aliphatic heterocycles. The standard InChI is InChI=1S/2C14H16N.2CH3.U/c2*1-9-10(2)12(4)14(11(9)3)13-7-5-6-8-15-13;;;/h2*5-8H,1-4H3;2*1H3;/q;;2*-1;+2. The molecule has 0 aromatic carbocycles. The van der Waals surface area contributed by atoms with E-state index >= 15 is 0 Å². The zero-order chi connectivity index (χ0) is 22.0. The summed E-state index contributed by atoms with van der Waals surface area (Å²) in [5, 5.41) is 0. The van der Waals surface area contributed by atoms with Crippen molar-refractivity contribution >= 4 is 0 Å². The van der Waals surface area contributed by atoms with E-state index in [4.69, 9.17) is 0 Å². The Kier molecular flexibility index (Phi) is 13.8. The summed E-state index contributed by atoms with van der Waals surface area (Å²) >= 11 is 0. The Labute approximate surface area is 229 Å². The molecule has 2 aliphatic rings. The van der Waals surface area contributed by atoms with E-state index in [1.807, 2.05) is 36.7 Å². The van der Waals surface area contributed by atoms with Crippen molar-refractivity contribution in [1.82, 2.24) is 9.97 Å². The van der Waals surface area contributed by atoms with E-state index in [0.29, 0.717) is 0 Å². The van der Waals surface area contributed by atoms with Gasteiger partial charge in [-0.1, -0.05) is 67.5 Å². The van der Waals surface area contributed by atoms with Gasteiger partial charge in [0.05, 0.1) is 0 Å². The third-order valence-corrected chi connectivity index (χ3v) is 6.72. The Balaban J connectivity index is 0.000000569. The summed E-state index contributed by atoms with van der Waals surface area (Å²) in [6.45, 7) is 17.5. The number of hydrogen-bond acceptors (Lipinski definition) is 2. The van der Waals surface area contributed by atoms with E-state index in [1.54, 1.807) is 0 Å². The maximum atomic E-state index is 4.43. The quantitative estimate of drug-likeness (QED) is 0.308. The second-order valence-electron chi connectivity index (χ2n) is 8.18. The van der Waals surface area contributed by atoms with Crippen molar-refractivity contribution < 1.29 is 31.1 Å². The average molecular weight is 665 g/mol. The predicted molar refractivity (Wildman–Crippen MR) is 137 cm³/mol. The Morgan fingerprint density at radius 3 is 0.909 bits per heavy atom. The smallest absolute Gasteiger partial charge is 0.358 e. The first kappa shape index (κ1) is 32.4. The van der Waals surface area contributed by atoms with Crippen molar-refractivity contribution in [2.24, 2.45) is 0 Å². The maximum Gasteiger partial charge on any atom is 2.00 e. The topological polar surface area (TPSA) is 25.8 Å². The SMILES string of the molecule is C[C]1[C](C)[C](C)[C](c2ccccn2)[C]1C.C[C]1[C](C)[C](C)[C](c2ccccn2)[C]1C.[CH3-].[CH3-].[U+2]. The van der Waals surface area contributed by atoms with Crippen molar-refractivity contribution in [2.45, 2.75) is 55.4 Å². The summed E-state index contributed by atoms with van der Waals surface area (Å²) in [5.74, 6) is 13.7. The van der Waals surface area contributed by atoms with Gasteiger partial charge in [-0.3, -0.25) is 9.97 Å². The normalized spacial score (nSPS) is 20.6. The van der Waals surface area contributed by atoms with E-state index in [2.05, 4.69) is 77.5 Å². The zero-order valence-corrected chi connectivity index (χ0v) is 26.2. The summed E-state index contributed by atoms with van der Waals surface area (Å²) in [7, 11) is 0. The fraction of sp³-hybridized carbons (Fsp3) is 0.267. The van der Waals surface area contributed by atoms with Gasteiger partial charge in [0.2, 0.25) is 0 Å². The second kappa shape index (κ2) is 14.0. The molecule has 0 unspecified atom stereocenters. The Hall–Kier alpha value is -0.648. The molecule has 0 atom stereocenters. The number of nitrogens with zero attached hydrogens (tertiary/aromatic N) is 2. The summed E-state index contributed by atoms with van der Waals surface area (Å²) in [6, 6.07) is 12.1.